The minimum absolute atomic E-state index is 0.255. The number of ether oxygens (including phenoxy) is 1. The van der Waals surface area contributed by atoms with Crippen LogP contribution >= 0.6 is 11.6 Å². The second-order valence-corrected chi connectivity index (χ2v) is 11.1. The van der Waals surface area contributed by atoms with Gasteiger partial charge in [-0.2, -0.15) is 0 Å². The Morgan fingerprint density at radius 2 is 1.68 bits per heavy atom. The lowest BCUT2D eigenvalue weighted by molar-refractivity contribution is 0.240. The largest absolute Gasteiger partial charge is 0.494 e. The molecule has 8 heteroatoms. The Morgan fingerprint density at radius 3 is 2.44 bits per heavy atom. The highest BCUT2D eigenvalue weighted by molar-refractivity contribution is 7.89. The predicted octanol–water partition coefficient (Wildman–Crippen LogP) is 5.31. The highest BCUT2D eigenvalue weighted by Gasteiger charge is 2.14. The van der Waals surface area contributed by atoms with Crippen molar-refractivity contribution in [2.24, 2.45) is 0 Å². The number of rotatable bonds is 11. The zero-order chi connectivity index (χ0) is 23.8. The van der Waals surface area contributed by atoms with Crippen molar-refractivity contribution >= 4 is 32.5 Å². The van der Waals surface area contributed by atoms with Crippen LogP contribution in [0.1, 0.15) is 38.5 Å². The van der Waals surface area contributed by atoms with Crippen molar-refractivity contribution in [2.45, 2.75) is 50.0 Å². The molecule has 2 aromatic carbocycles. The lowest BCUT2D eigenvalue weighted by atomic mass is 10.2. The van der Waals surface area contributed by atoms with E-state index in [4.69, 9.17) is 16.3 Å². The lowest BCUT2D eigenvalue weighted by Crippen LogP contribution is -2.26. The highest BCUT2D eigenvalue weighted by atomic mass is 35.5. The van der Waals surface area contributed by atoms with Crippen LogP contribution in [0.4, 0.5) is 0 Å². The number of fused-ring (bicyclic) bond motifs is 1. The molecule has 1 saturated heterocycles. The maximum Gasteiger partial charge on any atom is 0.240 e. The average Bonchev–Trinajstić information content (AvgIpc) is 3.04. The van der Waals surface area contributed by atoms with Crippen molar-refractivity contribution in [3.8, 4) is 5.75 Å². The number of aromatic nitrogens is 1. The van der Waals surface area contributed by atoms with E-state index in [0.717, 1.165) is 30.4 Å². The van der Waals surface area contributed by atoms with E-state index in [0.29, 0.717) is 30.3 Å². The minimum Gasteiger partial charge on any atom is -0.494 e. The van der Waals surface area contributed by atoms with Crippen molar-refractivity contribution in [2.75, 3.05) is 32.8 Å². The Hall–Kier alpha value is -2.06. The van der Waals surface area contributed by atoms with Crippen LogP contribution in [0.15, 0.2) is 59.6 Å². The first-order chi connectivity index (χ1) is 16.5. The van der Waals surface area contributed by atoms with Gasteiger partial charge in [0.2, 0.25) is 10.0 Å². The molecule has 0 unspecified atom stereocenters. The molecule has 4 rings (SSSR count). The number of halogens is 1. The maximum atomic E-state index is 12.6. The van der Waals surface area contributed by atoms with Gasteiger partial charge < -0.3 is 14.2 Å². The summed E-state index contributed by atoms with van der Waals surface area (Å²) in [7, 11) is -3.55. The van der Waals surface area contributed by atoms with Crippen molar-refractivity contribution < 1.29 is 13.2 Å². The number of likely N-dealkylation sites (tertiary alicyclic amines) is 1. The first-order valence-corrected chi connectivity index (χ1v) is 14.1. The summed E-state index contributed by atoms with van der Waals surface area (Å²) in [6, 6.07) is 14.5. The summed E-state index contributed by atoms with van der Waals surface area (Å²) in [6.07, 6.45) is 8.94. The number of hydrogen-bond acceptors (Lipinski definition) is 4. The molecule has 184 valence electrons. The summed E-state index contributed by atoms with van der Waals surface area (Å²) in [6.45, 7) is 5.17. The number of aryl methyl sites for hydroxylation is 1. The molecule has 0 aliphatic carbocycles. The molecule has 0 bridgehead atoms. The number of nitrogens with zero attached hydrogens (tertiary/aromatic N) is 2. The topological polar surface area (TPSA) is 63.6 Å². The van der Waals surface area contributed by atoms with Gasteiger partial charge in [-0.1, -0.05) is 24.4 Å². The molecule has 1 aliphatic heterocycles. The van der Waals surface area contributed by atoms with Crippen molar-refractivity contribution in [3.63, 3.8) is 0 Å². The van der Waals surface area contributed by atoms with Crippen molar-refractivity contribution in [1.29, 1.82) is 0 Å². The monoisotopic (exact) mass is 503 g/mol. The van der Waals surface area contributed by atoms with Crippen molar-refractivity contribution in [1.82, 2.24) is 14.2 Å². The van der Waals surface area contributed by atoms with E-state index in [1.54, 1.807) is 24.3 Å². The van der Waals surface area contributed by atoms with E-state index in [1.165, 1.54) is 38.8 Å². The van der Waals surface area contributed by atoms with Crippen LogP contribution in [0.25, 0.3) is 10.9 Å². The summed E-state index contributed by atoms with van der Waals surface area (Å²) < 4.78 is 35.9. The summed E-state index contributed by atoms with van der Waals surface area (Å²) in [5, 5.41) is 1.79. The van der Waals surface area contributed by atoms with Gasteiger partial charge in [-0.3, -0.25) is 0 Å². The quantitative estimate of drug-likeness (QED) is 0.360. The molecule has 1 aromatic heterocycles. The van der Waals surface area contributed by atoms with E-state index in [1.807, 2.05) is 30.5 Å². The smallest absolute Gasteiger partial charge is 0.240 e. The molecular formula is C26H34ClN3O3S. The van der Waals surface area contributed by atoms with Crippen molar-refractivity contribution in [3.05, 3.63) is 59.8 Å². The van der Waals surface area contributed by atoms with E-state index < -0.39 is 10.0 Å². The van der Waals surface area contributed by atoms with Crippen LogP contribution in [-0.4, -0.2) is 50.7 Å². The summed E-state index contributed by atoms with van der Waals surface area (Å²) in [5.74, 6) is 0.703. The van der Waals surface area contributed by atoms with Gasteiger partial charge in [0.1, 0.15) is 5.75 Å². The molecule has 0 saturated carbocycles. The Kier molecular flexibility index (Phi) is 8.89. The molecule has 3 aromatic rings. The normalized spacial score (nSPS) is 15.4. The van der Waals surface area contributed by atoms with Crippen LogP contribution in [-0.2, 0) is 16.6 Å². The van der Waals surface area contributed by atoms with E-state index in [-0.39, 0.29) is 4.90 Å². The highest BCUT2D eigenvalue weighted by Crippen LogP contribution is 2.21. The first kappa shape index (κ1) is 25.0. The molecule has 6 nitrogen and oxygen atoms in total. The number of sulfonamides is 1. The van der Waals surface area contributed by atoms with E-state index in [2.05, 4.69) is 14.2 Å². The average molecular weight is 504 g/mol. The molecule has 1 fully saturated rings. The lowest BCUT2D eigenvalue weighted by Gasteiger charge is -2.19. The van der Waals surface area contributed by atoms with Gasteiger partial charge in [0.15, 0.2) is 0 Å². The molecule has 0 amide bonds. The third kappa shape index (κ3) is 6.98. The van der Waals surface area contributed by atoms with Gasteiger partial charge in [-0.15, -0.1) is 0 Å². The predicted molar refractivity (Wildman–Crippen MR) is 138 cm³/mol. The second kappa shape index (κ2) is 12.1. The van der Waals surface area contributed by atoms with Crippen LogP contribution in [0.3, 0.4) is 0 Å². The SMILES string of the molecule is O=S(=O)(NCCCn1ccc2cc(Cl)ccc21)c1ccc(OCCCN2CCCCCC2)cc1. The zero-order valence-corrected chi connectivity index (χ0v) is 21.2. The minimum atomic E-state index is -3.55. The van der Waals surface area contributed by atoms with Crippen LogP contribution in [0.2, 0.25) is 5.02 Å². The molecule has 0 spiro atoms. The van der Waals surface area contributed by atoms with Crippen LogP contribution < -0.4 is 9.46 Å². The Balaban J connectivity index is 1.19. The van der Waals surface area contributed by atoms with Gasteiger partial charge in [0.05, 0.1) is 11.5 Å². The molecular weight excluding hydrogens is 470 g/mol. The van der Waals surface area contributed by atoms with E-state index >= 15 is 0 Å². The second-order valence-electron chi connectivity index (χ2n) is 8.89. The number of hydrogen-bond donors (Lipinski definition) is 1. The zero-order valence-electron chi connectivity index (χ0n) is 19.6. The molecule has 0 atom stereocenters. The van der Waals surface area contributed by atoms with Gasteiger partial charge in [-0.05, 0) is 87.3 Å². The third-order valence-electron chi connectivity index (χ3n) is 6.32. The van der Waals surface area contributed by atoms with Crippen LogP contribution in [0.5, 0.6) is 5.75 Å². The molecule has 0 radical (unpaired) electrons. The van der Waals surface area contributed by atoms with Crippen LogP contribution in [0, 0.1) is 0 Å². The summed E-state index contributed by atoms with van der Waals surface area (Å²) in [4.78, 5) is 2.77. The molecule has 1 N–H and O–H groups in total. The maximum absolute atomic E-state index is 12.6. The van der Waals surface area contributed by atoms with Gasteiger partial charge >= 0.3 is 0 Å². The molecule has 1 aliphatic rings. The standard InChI is InChI=1S/C26H34ClN3O3S/c27-23-7-12-26-22(21-23)13-19-30(26)18-5-14-28-34(31,32)25-10-8-24(9-11-25)33-20-6-17-29-15-3-1-2-4-16-29/h7-13,19,21,28H,1-6,14-18,20H2. The number of nitrogens with one attached hydrogen (secondary N) is 1. The van der Waals surface area contributed by atoms with Gasteiger partial charge in [0, 0.05) is 41.8 Å². The van der Waals surface area contributed by atoms with Gasteiger partial charge in [0.25, 0.3) is 0 Å². The Labute approximate surface area is 207 Å². The summed E-state index contributed by atoms with van der Waals surface area (Å²) >= 11 is 6.04. The van der Waals surface area contributed by atoms with E-state index in [9.17, 15) is 8.42 Å². The molecule has 2 heterocycles. The number of benzene rings is 2. The fourth-order valence-corrected chi connectivity index (χ4v) is 5.71. The fourth-order valence-electron chi connectivity index (χ4n) is 4.46. The Bertz CT molecular complexity index is 1150. The first-order valence-electron chi connectivity index (χ1n) is 12.2. The van der Waals surface area contributed by atoms with Gasteiger partial charge in [-0.25, -0.2) is 13.1 Å². The Morgan fingerprint density at radius 1 is 0.912 bits per heavy atom. The summed E-state index contributed by atoms with van der Waals surface area (Å²) in [5.41, 5.74) is 1.09. The molecule has 34 heavy (non-hydrogen) atoms. The third-order valence-corrected chi connectivity index (χ3v) is 8.03. The fraction of sp³-hybridized carbons (Fsp3) is 0.462.